The molecule has 0 fully saturated rings. The maximum atomic E-state index is 5.57. The second-order valence-electron chi connectivity index (χ2n) is 2.15. The van der Waals surface area contributed by atoms with E-state index in [1.165, 1.54) is 0 Å². The molecule has 1 aromatic rings. The van der Waals surface area contributed by atoms with Crippen LogP contribution in [-0.2, 0) is 0 Å². The van der Waals surface area contributed by atoms with Gasteiger partial charge in [0.1, 0.15) is 5.75 Å². The van der Waals surface area contributed by atoms with Crippen LogP contribution >= 0.6 is 12.6 Å². The Bertz CT molecular complexity index is 275. The predicted molar refractivity (Wildman–Crippen MR) is 49.1 cm³/mol. The van der Waals surface area contributed by atoms with Crippen molar-refractivity contribution in [1.82, 2.24) is 0 Å². The highest BCUT2D eigenvalue weighted by Gasteiger charge is 2.01. The Balaban J connectivity index is 3.21. The lowest BCUT2D eigenvalue weighted by molar-refractivity contribution is 0.417. The van der Waals surface area contributed by atoms with Crippen LogP contribution < -0.4 is 16.2 Å². The van der Waals surface area contributed by atoms with Crippen LogP contribution in [0.3, 0.4) is 0 Å². The lowest BCUT2D eigenvalue weighted by Crippen LogP contribution is -1.95. The molecule has 0 aliphatic carbocycles. The van der Waals surface area contributed by atoms with E-state index >= 15 is 0 Å². The molecule has 1 aromatic carbocycles. The first-order chi connectivity index (χ1) is 5.15. The predicted octanol–water partition coefficient (Wildman–Crippen LogP) is 1.15. The highest BCUT2D eigenvalue weighted by molar-refractivity contribution is 7.80. The Morgan fingerprint density at radius 2 is 1.91 bits per heavy atom. The van der Waals surface area contributed by atoms with Gasteiger partial charge in [-0.1, -0.05) is 0 Å². The normalized spacial score (nSPS) is 9.64. The molecule has 0 amide bonds. The molecule has 3 nitrogen and oxygen atoms in total. The number of nitrogens with two attached hydrogens (primary N) is 2. The van der Waals surface area contributed by atoms with E-state index in [0.717, 1.165) is 0 Å². The van der Waals surface area contributed by atoms with Crippen molar-refractivity contribution in [2.75, 3.05) is 18.6 Å². The Hall–Kier alpha value is -1.03. The van der Waals surface area contributed by atoms with Crippen LogP contribution in [0.25, 0.3) is 0 Å². The monoisotopic (exact) mass is 170 g/mol. The van der Waals surface area contributed by atoms with Crippen molar-refractivity contribution in [3.8, 4) is 5.75 Å². The average Bonchev–Trinajstić information content (AvgIpc) is 1.97. The molecular formula is C7H10N2OS. The first-order valence-electron chi connectivity index (χ1n) is 3.07. The number of nitrogen functional groups attached to an aromatic ring is 2. The van der Waals surface area contributed by atoms with E-state index in [2.05, 4.69) is 12.6 Å². The van der Waals surface area contributed by atoms with Crippen molar-refractivity contribution in [3.05, 3.63) is 12.1 Å². The van der Waals surface area contributed by atoms with Gasteiger partial charge in [-0.3, -0.25) is 0 Å². The van der Waals surface area contributed by atoms with Crippen molar-refractivity contribution in [2.24, 2.45) is 0 Å². The molecular weight excluding hydrogens is 160 g/mol. The van der Waals surface area contributed by atoms with Gasteiger partial charge in [0, 0.05) is 16.6 Å². The Morgan fingerprint density at radius 3 is 2.45 bits per heavy atom. The van der Waals surface area contributed by atoms with E-state index in [9.17, 15) is 0 Å². The first kappa shape index (κ1) is 8.07. The van der Waals surface area contributed by atoms with Crippen LogP contribution in [0.15, 0.2) is 17.0 Å². The summed E-state index contributed by atoms with van der Waals surface area (Å²) in [6.45, 7) is 0. The van der Waals surface area contributed by atoms with Crippen LogP contribution in [0.5, 0.6) is 5.75 Å². The number of hydrogen-bond donors (Lipinski definition) is 3. The second kappa shape index (κ2) is 2.92. The lowest BCUT2D eigenvalue weighted by Gasteiger charge is -2.06. The quantitative estimate of drug-likeness (QED) is 0.437. The van der Waals surface area contributed by atoms with E-state index in [1.807, 2.05) is 0 Å². The van der Waals surface area contributed by atoms with E-state index in [-0.39, 0.29) is 0 Å². The summed E-state index contributed by atoms with van der Waals surface area (Å²) in [5.41, 5.74) is 12.2. The van der Waals surface area contributed by atoms with Crippen LogP contribution in [0.2, 0.25) is 0 Å². The third-order valence-electron chi connectivity index (χ3n) is 1.38. The average molecular weight is 170 g/mol. The highest BCUT2D eigenvalue weighted by Crippen LogP contribution is 2.29. The van der Waals surface area contributed by atoms with Gasteiger partial charge in [-0.05, 0) is 6.07 Å². The molecule has 0 spiro atoms. The molecule has 0 bridgehead atoms. The van der Waals surface area contributed by atoms with Crippen molar-refractivity contribution >= 4 is 24.0 Å². The lowest BCUT2D eigenvalue weighted by atomic mass is 10.2. The molecule has 0 atom stereocenters. The minimum atomic E-state index is 0.548. The number of rotatable bonds is 1. The van der Waals surface area contributed by atoms with Crippen LogP contribution in [0.1, 0.15) is 0 Å². The molecule has 0 saturated carbocycles. The summed E-state index contributed by atoms with van der Waals surface area (Å²) in [6, 6.07) is 3.31. The van der Waals surface area contributed by atoms with Crippen LogP contribution in [0.4, 0.5) is 11.4 Å². The van der Waals surface area contributed by atoms with Gasteiger partial charge in [0.2, 0.25) is 0 Å². The Morgan fingerprint density at radius 1 is 1.27 bits per heavy atom. The summed E-state index contributed by atoms with van der Waals surface area (Å²) in [6.07, 6.45) is 0. The molecule has 60 valence electrons. The molecule has 1 rings (SSSR count). The summed E-state index contributed by atoms with van der Waals surface area (Å²) < 4.78 is 4.94. The molecule has 0 saturated heterocycles. The number of ether oxygens (including phenoxy) is 1. The highest BCUT2D eigenvalue weighted by atomic mass is 32.1. The van der Waals surface area contributed by atoms with Gasteiger partial charge in [0.05, 0.1) is 12.8 Å². The Kier molecular flexibility index (Phi) is 2.14. The minimum Gasteiger partial charge on any atom is -0.495 e. The Labute approximate surface area is 70.7 Å². The summed E-state index contributed by atoms with van der Waals surface area (Å²) in [7, 11) is 1.54. The van der Waals surface area contributed by atoms with Crippen molar-refractivity contribution < 1.29 is 4.74 Å². The van der Waals surface area contributed by atoms with Gasteiger partial charge in [-0.2, -0.15) is 0 Å². The maximum Gasteiger partial charge on any atom is 0.143 e. The van der Waals surface area contributed by atoms with Crippen molar-refractivity contribution in [3.63, 3.8) is 0 Å². The molecule has 0 aliphatic heterocycles. The number of benzene rings is 1. The molecule has 4 heteroatoms. The molecule has 11 heavy (non-hydrogen) atoms. The molecule has 4 N–H and O–H groups in total. The second-order valence-corrected chi connectivity index (χ2v) is 2.63. The third-order valence-corrected chi connectivity index (χ3v) is 1.77. The standard InChI is InChI=1S/C7H10N2OS/c1-10-6-2-5(9)7(11)3-4(6)8/h2-3,11H,8-9H2,1H3. The van der Waals surface area contributed by atoms with E-state index in [4.69, 9.17) is 16.2 Å². The largest absolute Gasteiger partial charge is 0.495 e. The number of thiol groups is 1. The summed E-state index contributed by atoms with van der Waals surface area (Å²) in [5, 5.41) is 0. The topological polar surface area (TPSA) is 61.3 Å². The zero-order valence-electron chi connectivity index (χ0n) is 6.16. The van der Waals surface area contributed by atoms with E-state index in [0.29, 0.717) is 22.0 Å². The van der Waals surface area contributed by atoms with Crippen molar-refractivity contribution in [1.29, 1.82) is 0 Å². The molecule has 0 radical (unpaired) electrons. The van der Waals surface area contributed by atoms with Gasteiger partial charge in [-0.25, -0.2) is 0 Å². The van der Waals surface area contributed by atoms with Gasteiger partial charge < -0.3 is 16.2 Å². The van der Waals surface area contributed by atoms with E-state index in [1.54, 1.807) is 19.2 Å². The number of anilines is 2. The van der Waals surface area contributed by atoms with Crippen molar-refractivity contribution in [2.45, 2.75) is 4.90 Å². The molecule has 0 aliphatic rings. The van der Waals surface area contributed by atoms with Crippen LogP contribution in [-0.4, -0.2) is 7.11 Å². The first-order valence-corrected chi connectivity index (χ1v) is 3.52. The van der Waals surface area contributed by atoms with Gasteiger partial charge in [-0.15, -0.1) is 12.6 Å². The van der Waals surface area contributed by atoms with Gasteiger partial charge in [0.25, 0.3) is 0 Å². The summed E-state index contributed by atoms with van der Waals surface area (Å²) in [5.74, 6) is 0.584. The fraction of sp³-hybridized carbons (Fsp3) is 0.143. The molecule has 0 unspecified atom stereocenters. The smallest absolute Gasteiger partial charge is 0.143 e. The molecule has 0 heterocycles. The number of hydrogen-bond acceptors (Lipinski definition) is 4. The SMILES string of the molecule is COc1cc(N)c(S)cc1N. The number of methoxy groups -OCH3 is 1. The minimum absolute atomic E-state index is 0.548. The summed E-state index contributed by atoms with van der Waals surface area (Å²) in [4.78, 5) is 0.670. The zero-order chi connectivity index (χ0) is 8.43. The van der Waals surface area contributed by atoms with Gasteiger partial charge in [0.15, 0.2) is 0 Å². The third kappa shape index (κ3) is 1.51. The van der Waals surface area contributed by atoms with E-state index < -0.39 is 0 Å². The zero-order valence-corrected chi connectivity index (χ0v) is 7.06. The summed E-state index contributed by atoms with van der Waals surface area (Å²) >= 11 is 4.09. The fourth-order valence-electron chi connectivity index (χ4n) is 0.777. The van der Waals surface area contributed by atoms with Gasteiger partial charge >= 0.3 is 0 Å². The maximum absolute atomic E-state index is 5.57. The fourth-order valence-corrected chi connectivity index (χ4v) is 0.981. The van der Waals surface area contributed by atoms with Crippen LogP contribution in [0, 0.1) is 0 Å². The molecule has 0 aromatic heterocycles.